The van der Waals surface area contributed by atoms with E-state index >= 15 is 0 Å². The van der Waals surface area contributed by atoms with Crippen LogP contribution in [0.2, 0.25) is 0 Å². The maximum absolute atomic E-state index is 13.6. The second kappa shape index (κ2) is 15.6. The number of hydrogen-bond donors (Lipinski definition) is 0. The van der Waals surface area contributed by atoms with Crippen molar-refractivity contribution in [2.24, 2.45) is 5.92 Å². The van der Waals surface area contributed by atoms with Gasteiger partial charge in [-0.15, -0.1) is 0 Å². The van der Waals surface area contributed by atoms with Crippen molar-refractivity contribution in [3.05, 3.63) is 95.3 Å². The van der Waals surface area contributed by atoms with Gasteiger partial charge in [-0.2, -0.15) is 21.6 Å². The van der Waals surface area contributed by atoms with Gasteiger partial charge in [-0.05, 0) is 92.3 Å². The van der Waals surface area contributed by atoms with E-state index in [0.29, 0.717) is 35.6 Å². The Kier molecular flexibility index (Phi) is 11.9. The smallest absolute Gasteiger partial charge is 0.458 e. The van der Waals surface area contributed by atoms with Crippen LogP contribution in [0.4, 0.5) is 23.2 Å². The molecular formula is C34H33F4NO8S. The van der Waals surface area contributed by atoms with Crippen molar-refractivity contribution in [3.8, 4) is 17.6 Å². The number of hydrogen-bond acceptors (Lipinski definition) is 8. The summed E-state index contributed by atoms with van der Waals surface area (Å²) in [6, 6.07) is 16.5. The Morgan fingerprint density at radius 2 is 1.54 bits per heavy atom. The number of β-lactam (4-membered cyclic amide) rings is 1. The van der Waals surface area contributed by atoms with Crippen LogP contribution in [0.1, 0.15) is 62.4 Å². The molecule has 1 heterocycles. The van der Waals surface area contributed by atoms with Crippen molar-refractivity contribution in [2.75, 3.05) is 18.1 Å². The molecule has 14 heteroatoms. The van der Waals surface area contributed by atoms with Crippen LogP contribution in [0, 0.1) is 23.6 Å². The lowest BCUT2D eigenvalue weighted by Crippen LogP contribution is -2.55. The molecule has 9 nitrogen and oxygen atoms in total. The fourth-order valence-electron chi connectivity index (χ4n) is 5.18. The highest BCUT2D eigenvalue weighted by Gasteiger charge is 2.50. The molecule has 1 aliphatic rings. The summed E-state index contributed by atoms with van der Waals surface area (Å²) in [5.74, 6) is 3.34. The third-order valence-electron chi connectivity index (χ3n) is 7.33. The van der Waals surface area contributed by atoms with Gasteiger partial charge in [0.05, 0.1) is 12.0 Å². The summed E-state index contributed by atoms with van der Waals surface area (Å²) in [6.45, 7) is 5.70. The second-order valence-corrected chi connectivity index (χ2v) is 12.1. The average Bonchev–Trinajstić information content (AvgIpc) is 3.03. The molecule has 0 saturated carbocycles. The number of benzene rings is 3. The standard InChI is InChI=1S/C34H33F4NO8S/c1-4-44-31(45-5-2)21-8-23-6-15-27(16-7-23)39-32(25-11-17-28(18-12-25)47-48(42,43)34(36,37)38)29(33(39)41)19-20-30(46-22(3)40)24-9-13-26(35)14-10-24/h6-7,9-18,29-32H,4-5,19-20H2,1-3H3/t29-,30+,32-/m1/s1. The zero-order valence-corrected chi connectivity index (χ0v) is 27.0. The van der Waals surface area contributed by atoms with Gasteiger partial charge in [0, 0.05) is 31.4 Å². The van der Waals surface area contributed by atoms with Crippen LogP contribution in [0.25, 0.3) is 0 Å². The summed E-state index contributed by atoms with van der Waals surface area (Å²) in [4.78, 5) is 27.0. The zero-order valence-electron chi connectivity index (χ0n) is 26.2. The molecule has 1 amide bonds. The number of esters is 1. The first-order valence-electron chi connectivity index (χ1n) is 14.9. The van der Waals surface area contributed by atoms with Crippen molar-refractivity contribution in [3.63, 3.8) is 0 Å². The van der Waals surface area contributed by atoms with E-state index in [1.54, 1.807) is 24.3 Å². The van der Waals surface area contributed by atoms with Crippen molar-refractivity contribution in [1.29, 1.82) is 0 Å². The maximum Gasteiger partial charge on any atom is 0.534 e. The fraction of sp³-hybridized carbons (Fsp3) is 0.353. The van der Waals surface area contributed by atoms with Gasteiger partial charge in [0.1, 0.15) is 17.7 Å². The summed E-state index contributed by atoms with van der Waals surface area (Å²) < 4.78 is 95.7. The minimum Gasteiger partial charge on any atom is -0.458 e. The lowest BCUT2D eigenvalue weighted by atomic mass is 9.78. The Hall–Kier alpha value is -4.45. The Morgan fingerprint density at radius 1 is 0.938 bits per heavy atom. The summed E-state index contributed by atoms with van der Waals surface area (Å²) >= 11 is 0. The number of amides is 1. The van der Waals surface area contributed by atoms with Crippen molar-refractivity contribution < 1.29 is 54.0 Å². The number of anilines is 1. The molecule has 0 unspecified atom stereocenters. The number of rotatable bonds is 13. The normalized spacial score (nSPS) is 16.9. The third-order valence-corrected chi connectivity index (χ3v) is 8.31. The molecule has 256 valence electrons. The largest absolute Gasteiger partial charge is 0.534 e. The highest BCUT2D eigenvalue weighted by atomic mass is 32.2. The first-order chi connectivity index (χ1) is 22.7. The van der Waals surface area contributed by atoms with Gasteiger partial charge in [0.25, 0.3) is 0 Å². The van der Waals surface area contributed by atoms with E-state index in [-0.39, 0.29) is 18.7 Å². The second-order valence-electron chi connectivity index (χ2n) is 10.6. The molecule has 1 aliphatic heterocycles. The minimum absolute atomic E-state index is 0.201. The zero-order chi connectivity index (χ0) is 35.1. The van der Waals surface area contributed by atoms with E-state index in [9.17, 15) is 35.6 Å². The molecule has 1 fully saturated rings. The third kappa shape index (κ3) is 8.91. The summed E-state index contributed by atoms with van der Waals surface area (Å²) in [5, 5.41) is 0. The Labute approximate surface area is 275 Å². The number of alkyl halides is 3. The number of nitrogens with zero attached hydrogens (tertiary/aromatic N) is 1. The predicted octanol–water partition coefficient (Wildman–Crippen LogP) is 6.59. The lowest BCUT2D eigenvalue weighted by molar-refractivity contribution is -0.147. The van der Waals surface area contributed by atoms with Crippen molar-refractivity contribution in [2.45, 2.75) is 57.6 Å². The first-order valence-corrected chi connectivity index (χ1v) is 16.4. The van der Waals surface area contributed by atoms with E-state index in [1.807, 2.05) is 13.8 Å². The molecule has 0 aliphatic carbocycles. The molecule has 0 N–H and O–H groups in total. The van der Waals surface area contributed by atoms with Gasteiger partial charge in [-0.1, -0.05) is 30.2 Å². The SMILES string of the molecule is CCOC(C#Cc1ccc(N2C(=O)[C@H](CC[C@H](OC(C)=O)c3ccc(F)cc3)[C@H]2c2ccc(OS(=O)(=O)C(F)(F)F)cc2)cc1)OCC. The Morgan fingerprint density at radius 3 is 2.08 bits per heavy atom. The molecule has 3 atom stereocenters. The number of halogens is 4. The topological polar surface area (TPSA) is 108 Å². The van der Waals surface area contributed by atoms with Gasteiger partial charge < -0.3 is 23.3 Å². The van der Waals surface area contributed by atoms with Crippen LogP contribution in [0.15, 0.2) is 72.8 Å². The molecule has 0 aromatic heterocycles. The van der Waals surface area contributed by atoms with E-state index < -0.39 is 57.5 Å². The maximum atomic E-state index is 13.6. The van der Waals surface area contributed by atoms with Gasteiger partial charge in [-0.25, -0.2) is 4.39 Å². The van der Waals surface area contributed by atoms with Gasteiger partial charge in [0.15, 0.2) is 0 Å². The average molecular weight is 692 g/mol. The highest BCUT2D eigenvalue weighted by molar-refractivity contribution is 7.88. The van der Waals surface area contributed by atoms with Crippen molar-refractivity contribution >= 4 is 27.7 Å². The van der Waals surface area contributed by atoms with Gasteiger partial charge in [0.2, 0.25) is 12.2 Å². The van der Waals surface area contributed by atoms with Gasteiger partial charge >= 0.3 is 21.6 Å². The predicted molar refractivity (Wildman–Crippen MR) is 166 cm³/mol. The van der Waals surface area contributed by atoms with Gasteiger partial charge in [-0.3, -0.25) is 9.59 Å². The Bertz CT molecular complexity index is 1730. The first kappa shape index (κ1) is 36.4. The summed E-state index contributed by atoms with van der Waals surface area (Å²) in [5.41, 5.74) is -3.46. The van der Waals surface area contributed by atoms with E-state index in [1.165, 1.54) is 48.2 Å². The molecule has 3 aromatic rings. The molecule has 4 rings (SSSR count). The molecule has 0 bridgehead atoms. The molecule has 48 heavy (non-hydrogen) atoms. The van der Waals surface area contributed by atoms with E-state index in [0.717, 1.165) is 12.1 Å². The quantitative estimate of drug-likeness (QED) is 0.0376. The van der Waals surface area contributed by atoms with Crippen LogP contribution in [-0.2, 0) is 33.9 Å². The van der Waals surface area contributed by atoms with Crippen LogP contribution < -0.4 is 9.08 Å². The molecule has 0 spiro atoms. The number of carbonyl (C=O) groups excluding carboxylic acids is 2. The molecule has 0 radical (unpaired) electrons. The number of ether oxygens (including phenoxy) is 3. The molecular weight excluding hydrogens is 658 g/mol. The highest BCUT2D eigenvalue weighted by Crippen LogP contribution is 2.47. The molecule has 3 aromatic carbocycles. The van der Waals surface area contributed by atoms with E-state index in [4.69, 9.17) is 14.2 Å². The Balaban J connectivity index is 1.61. The summed E-state index contributed by atoms with van der Waals surface area (Å²) in [7, 11) is -5.88. The summed E-state index contributed by atoms with van der Waals surface area (Å²) in [6.07, 6.45) is -1.06. The lowest BCUT2D eigenvalue weighted by Gasteiger charge is -2.48. The minimum atomic E-state index is -5.88. The fourth-order valence-corrected chi connectivity index (χ4v) is 5.64. The van der Waals surface area contributed by atoms with Crippen LogP contribution >= 0.6 is 0 Å². The van der Waals surface area contributed by atoms with Crippen LogP contribution in [0.3, 0.4) is 0 Å². The van der Waals surface area contributed by atoms with E-state index in [2.05, 4.69) is 16.0 Å². The molecule has 1 saturated heterocycles. The van der Waals surface area contributed by atoms with Crippen molar-refractivity contribution in [1.82, 2.24) is 0 Å². The number of carbonyl (C=O) groups is 2. The van der Waals surface area contributed by atoms with Crippen LogP contribution in [0.5, 0.6) is 5.75 Å². The van der Waals surface area contributed by atoms with Crippen LogP contribution in [-0.4, -0.2) is 45.3 Å². The monoisotopic (exact) mass is 691 g/mol.